The van der Waals surface area contributed by atoms with Gasteiger partial charge in [0.15, 0.2) is 11.0 Å². The van der Waals surface area contributed by atoms with Crippen molar-refractivity contribution in [3.63, 3.8) is 0 Å². The van der Waals surface area contributed by atoms with Crippen LogP contribution in [0.2, 0.25) is 0 Å². The number of thioether (sulfide) groups is 1. The number of aliphatic hydroxyl groups excluding tert-OH is 1. The van der Waals surface area contributed by atoms with Gasteiger partial charge in [0.2, 0.25) is 12.3 Å². The minimum atomic E-state index is -4.78. The van der Waals surface area contributed by atoms with Crippen molar-refractivity contribution >= 4 is 34.2 Å². The Morgan fingerprint density at radius 1 is 1.09 bits per heavy atom. The van der Waals surface area contributed by atoms with Crippen LogP contribution in [0.3, 0.4) is 0 Å². The molecule has 2 heterocycles. The van der Waals surface area contributed by atoms with Crippen LogP contribution in [0.15, 0.2) is 72.0 Å². The predicted octanol–water partition coefficient (Wildman–Crippen LogP) is 6.01. The highest BCUT2D eigenvalue weighted by atomic mass is 32.2. The highest BCUT2D eigenvalue weighted by Crippen LogP contribution is 2.35. The molecule has 46 heavy (non-hydrogen) atoms. The first-order valence-corrected chi connectivity index (χ1v) is 15.0. The van der Waals surface area contributed by atoms with Crippen molar-refractivity contribution in [2.24, 2.45) is 4.99 Å². The number of alkyl halides is 3. The lowest BCUT2D eigenvalue weighted by Crippen LogP contribution is -2.32. The van der Waals surface area contributed by atoms with Crippen LogP contribution in [0.4, 0.5) is 24.5 Å². The topological polar surface area (TPSA) is 123 Å². The van der Waals surface area contributed by atoms with Crippen molar-refractivity contribution < 1.29 is 37.3 Å². The molecule has 1 aromatic heterocycles. The van der Waals surface area contributed by atoms with Gasteiger partial charge in [-0.25, -0.2) is 14.7 Å². The summed E-state index contributed by atoms with van der Waals surface area (Å²) in [7, 11) is 1.47. The summed E-state index contributed by atoms with van der Waals surface area (Å²) in [6.07, 6.45) is -4.75. The lowest BCUT2D eigenvalue weighted by atomic mass is 9.99. The van der Waals surface area contributed by atoms with Crippen molar-refractivity contribution in [3.8, 4) is 22.9 Å². The molecule has 2 N–H and O–H groups in total. The van der Waals surface area contributed by atoms with E-state index < -0.39 is 12.7 Å². The van der Waals surface area contributed by atoms with Crippen LogP contribution in [-0.4, -0.2) is 56.5 Å². The van der Waals surface area contributed by atoms with Crippen molar-refractivity contribution in [3.05, 3.63) is 83.9 Å². The maximum absolute atomic E-state index is 12.9. The summed E-state index contributed by atoms with van der Waals surface area (Å²) in [4.78, 5) is 23.0. The van der Waals surface area contributed by atoms with E-state index in [1.165, 1.54) is 54.1 Å². The Kier molecular flexibility index (Phi) is 9.72. The third kappa shape index (κ3) is 7.90. The van der Waals surface area contributed by atoms with Crippen LogP contribution in [0, 0.1) is 6.92 Å². The number of anilines is 2. The summed E-state index contributed by atoms with van der Waals surface area (Å²) in [5, 5.41) is 18.4. The molecule has 0 aliphatic carbocycles. The molecule has 1 amide bonds. The van der Waals surface area contributed by atoms with Gasteiger partial charge in [0.1, 0.15) is 30.2 Å². The highest BCUT2D eigenvalue weighted by molar-refractivity contribution is 8.15. The summed E-state index contributed by atoms with van der Waals surface area (Å²) >= 11 is 1.25. The van der Waals surface area contributed by atoms with Gasteiger partial charge in [-0.3, -0.25) is 9.69 Å². The molecule has 1 fully saturated rings. The number of carbonyl (C=O) groups is 1. The van der Waals surface area contributed by atoms with Gasteiger partial charge in [-0.05, 0) is 66.4 Å². The SMILES string of the molecule is COc1cc(OCc2ncn(-c3ccc(OC(F)(F)F)cc3)n2)ccc1NC(O)N=C1SCC(=O)N1c1cc(C)ccc1C(C)C. The second-order valence-electron chi connectivity index (χ2n) is 10.5. The molecule has 1 atom stereocenters. The van der Waals surface area contributed by atoms with Gasteiger partial charge in [-0.1, -0.05) is 37.7 Å². The number of nitrogens with one attached hydrogen (secondary N) is 1. The molecule has 0 spiro atoms. The van der Waals surface area contributed by atoms with Crippen molar-refractivity contribution in [2.45, 2.75) is 46.0 Å². The Morgan fingerprint density at radius 3 is 2.52 bits per heavy atom. The lowest BCUT2D eigenvalue weighted by Gasteiger charge is -2.23. The molecule has 0 saturated carbocycles. The number of nitrogens with zero attached hydrogens (tertiary/aromatic N) is 5. The van der Waals surface area contributed by atoms with Crippen molar-refractivity contribution in [1.82, 2.24) is 14.8 Å². The van der Waals surface area contributed by atoms with Gasteiger partial charge in [-0.15, -0.1) is 18.3 Å². The number of hydrogen-bond donors (Lipinski definition) is 2. The minimum absolute atomic E-state index is 0.00706. The summed E-state index contributed by atoms with van der Waals surface area (Å²) in [5.74, 6) is 1.05. The second kappa shape index (κ2) is 13.7. The number of amidine groups is 1. The first-order chi connectivity index (χ1) is 21.9. The Bertz CT molecular complexity index is 1730. The second-order valence-corrected chi connectivity index (χ2v) is 11.4. The first-order valence-electron chi connectivity index (χ1n) is 14.1. The summed E-state index contributed by atoms with van der Waals surface area (Å²) in [6, 6.07) is 16.1. The minimum Gasteiger partial charge on any atom is -0.494 e. The molecule has 1 saturated heterocycles. The van der Waals surface area contributed by atoms with E-state index in [1.54, 1.807) is 23.1 Å². The van der Waals surface area contributed by atoms with E-state index in [-0.39, 0.29) is 29.9 Å². The van der Waals surface area contributed by atoms with Crippen LogP contribution < -0.4 is 24.4 Å². The number of ether oxygens (including phenoxy) is 3. The highest BCUT2D eigenvalue weighted by Gasteiger charge is 2.33. The van der Waals surface area contributed by atoms with Crippen LogP contribution in [0.25, 0.3) is 5.69 Å². The molecule has 3 aromatic carbocycles. The quantitative estimate of drug-likeness (QED) is 0.187. The van der Waals surface area contributed by atoms with Crippen molar-refractivity contribution in [1.29, 1.82) is 0 Å². The number of rotatable bonds is 11. The maximum atomic E-state index is 12.9. The summed E-state index contributed by atoms with van der Waals surface area (Å²) < 4.78 is 53.8. The van der Waals surface area contributed by atoms with Gasteiger partial charge in [0.25, 0.3) is 0 Å². The molecule has 1 aliphatic rings. The number of methoxy groups -OCH3 is 1. The number of aliphatic hydroxyl groups is 1. The van der Waals surface area contributed by atoms with Gasteiger partial charge < -0.3 is 24.6 Å². The Hall–Kier alpha value is -4.76. The van der Waals surface area contributed by atoms with E-state index in [4.69, 9.17) is 9.47 Å². The van der Waals surface area contributed by atoms with Crippen LogP contribution in [-0.2, 0) is 11.4 Å². The van der Waals surface area contributed by atoms with Gasteiger partial charge in [0, 0.05) is 6.07 Å². The number of carbonyl (C=O) groups excluding carboxylic acids is 1. The Labute approximate surface area is 267 Å². The molecular formula is C31H31F3N6O5S. The molecule has 5 rings (SSSR count). The molecule has 4 aromatic rings. The van der Waals surface area contributed by atoms with E-state index >= 15 is 0 Å². The molecule has 0 radical (unpaired) electrons. The fraction of sp³-hybridized carbons (Fsp3) is 0.290. The number of halogens is 3. The van der Waals surface area contributed by atoms with E-state index in [0.717, 1.165) is 16.8 Å². The molecule has 1 aliphatic heterocycles. The van der Waals surface area contributed by atoms with Gasteiger partial charge in [0.05, 0.1) is 29.9 Å². The van der Waals surface area contributed by atoms with E-state index in [1.807, 2.05) is 25.1 Å². The van der Waals surface area contributed by atoms with Crippen LogP contribution in [0.5, 0.6) is 17.2 Å². The number of aryl methyl sites for hydroxylation is 1. The standard InChI is InChI=1S/C31H31F3N6O5S/c1-18(2)23-11-5-19(3)13-25(23)40-28(41)16-46-30(40)37-29(42)36-24-12-10-22(14-26(24)43-4)44-15-27-35-17-39(38-27)20-6-8-21(9-7-20)45-31(32,33)34/h5-14,17-18,29,36,42H,15-16H2,1-4H3. The van der Waals surface area contributed by atoms with E-state index in [2.05, 4.69) is 39.0 Å². The Morgan fingerprint density at radius 2 is 1.83 bits per heavy atom. The normalized spacial score (nSPS) is 15.0. The molecular weight excluding hydrogens is 625 g/mol. The lowest BCUT2D eigenvalue weighted by molar-refractivity contribution is -0.274. The number of benzene rings is 3. The number of hydrogen-bond acceptors (Lipinski definition) is 10. The predicted molar refractivity (Wildman–Crippen MR) is 168 cm³/mol. The average Bonchev–Trinajstić information content (AvgIpc) is 3.62. The average molecular weight is 657 g/mol. The van der Waals surface area contributed by atoms with Crippen molar-refractivity contribution in [2.75, 3.05) is 23.1 Å². The number of amides is 1. The fourth-order valence-electron chi connectivity index (χ4n) is 4.62. The largest absolute Gasteiger partial charge is 0.573 e. The molecule has 15 heteroatoms. The maximum Gasteiger partial charge on any atom is 0.573 e. The summed E-state index contributed by atoms with van der Waals surface area (Å²) in [5.41, 5.74) is 3.68. The van der Waals surface area contributed by atoms with Gasteiger partial charge >= 0.3 is 6.36 Å². The smallest absolute Gasteiger partial charge is 0.494 e. The number of aromatic nitrogens is 3. The third-order valence-electron chi connectivity index (χ3n) is 6.75. The zero-order chi connectivity index (χ0) is 33.0. The van der Waals surface area contributed by atoms with E-state index in [9.17, 15) is 23.1 Å². The Balaban J connectivity index is 1.23. The van der Waals surface area contributed by atoms with Gasteiger partial charge in [-0.2, -0.15) is 0 Å². The fourth-order valence-corrected chi connectivity index (χ4v) is 5.51. The molecule has 11 nitrogen and oxygen atoms in total. The first kappa shape index (κ1) is 32.6. The van der Waals surface area contributed by atoms with Crippen LogP contribution in [0.1, 0.15) is 36.7 Å². The molecule has 1 unspecified atom stereocenters. The molecule has 0 bridgehead atoms. The van der Waals surface area contributed by atoms with Crippen LogP contribution >= 0.6 is 11.8 Å². The zero-order valence-corrected chi connectivity index (χ0v) is 26.1. The zero-order valence-electron chi connectivity index (χ0n) is 25.3. The third-order valence-corrected chi connectivity index (χ3v) is 7.68. The molecule has 242 valence electrons. The summed E-state index contributed by atoms with van der Waals surface area (Å²) in [6.45, 7) is 6.06. The van der Waals surface area contributed by atoms with E-state index in [0.29, 0.717) is 33.9 Å². The number of aliphatic imine (C=N–C) groups is 1. The monoisotopic (exact) mass is 656 g/mol.